The van der Waals surface area contributed by atoms with E-state index in [2.05, 4.69) is 5.32 Å². The second-order valence-corrected chi connectivity index (χ2v) is 5.72. The van der Waals surface area contributed by atoms with Crippen LogP contribution in [0.4, 0.5) is 0 Å². The predicted molar refractivity (Wildman–Crippen MR) is 102 cm³/mol. The fourth-order valence-corrected chi connectivity index (χ4v) is 2.70. The summed E-state index contributed by atoms with van der Waals surface area (Å²) >= 11 is 0. The molecule has 146 valence electrons. The second kappa shape index (κ2) is 9.02. The Morgan fingerprint density at radius 2 is 1.33 bits per heavy atom. The fraction of sp³-hybridized carbons (Fsp3) is 0.350. The molecule has 1 atom stereocenters. The number of amides is 1. The molecule has 2 rings (SSSR count). The van der Waals surface area contributed by atoms with E-state index in [1.807, 2.05) is 19.1 Å². The lowest BCUT2D eigenvalue weighted by Crippen LogP contribution is -2.26. The van der Waals surface area contributed by atoms with Crippen LogP contribution in [-0.2, 0) is 0 Å². The maximum atomic E-state index is 12.7. The van der Waals surface area contributed by atoms with Crippen molar-refractivity contribution in [3.8, 4) is 28.7 Å². The molecule has 27 heavy (non-hydrogen) atoms. The number of hydrogen-bond acceptors (Lipinski definition) is 6. The smallest absolute Gasteiger partial charge is 0.252 e. The highest BCUT2D eigenvalue weighted by molar-refractivity contribution is 5.95. The van der Waals surface area contributed by atoms with E-state index in [1.54, 1.807) is 32.4 Å². The minimum absolute atomic E-state index is 0.253. The van der Waals surface area contributed by atoms with Crippen molar-refractivity contribution in [2.24, 2.45) is 0 Å². The Morgan fingerprint density at radius 1 is 0.778 bits per heavy atom. The summed E-state index contributed by atoms with van der Waals surface area (Å²) in [5.41, 5.74) is 1.28. The third kappa shape index (κ3) is 4.36. The first-order valence-corrected chi connectivity index (χ1v) is 8.31. The summed E-state index contributed by atoms with van der Waals surface area (Å²) in [5.74, 6) is 2.23. The Morgan fingerprint density at radius 3 is 1.81 bits per heavy atom. The van der Waals surface area contributed by atoms with Gasteiger partial charge in [-0.05, 0) is 36.8 Å². The molecular weight excluding hydrogens is 350 g/mol. The van der Waals surface area contributed by atoms with Gasteiger partial charge in [0.2, 0.25) is 5.75 Å². The maximum absolute atomic E-state index is 12.7. The summed E-state index contributed by atoms with van der Waals surface area (Å²) in [4.78, 5) is 12.7. The average molecular weight is 375 g/mol. The van der Waals surface area contributed by atoms with Gasteiger partial charge < -0.3 is 29.0 Å². The molecule has 0 fully saturated rings. The topological polar surface area (TPSA) is 75.3 Å². The van der Waals surface area contributed by atoms with E-state index in [0.717, 1.165) is 5.56 Å². The minimum atomic E-state index is -0.267. The van der Waals surface area contributed by atoms with Crippen LogP contribution >= 0.6 is 0 Å². The van der Waals surface area contributed by atoms with E-state index < -0.39 is 0 Å². The van der Waals surface area contributed by atoms with Crippen LogP contribution in [0.1, 0.15) is 28.9 Å². The van der Waals surface area contributed by atoms with Crippen molar-refractivity contribution in [1.82, 2.24) is 5.32 Å². The Labute approximate surface area is 159 Å². The van der Waals surface area contributed by atoms with Gasteiger partial charge >= 0.3 is 0 Å². The molecule has 0 heterocycles. The van der Waals surface area contributed by atoms with E-state index >= 15 is 0 Å². The molecule has 1 amide bonds. The molecule has 0 bridgehead atoms. The van der Waals surface area contributed by atoms with Gasteiger partial charge in [0.1, 0.15) is 0 Å². The normalized spacial score (nSPS) is 11.3. The first-order valence-electron chi connectivity index (χ1n) is 8.31. The molecule has 7 heteroatoms. The molecule has 0 aliphatic rings. The molecule has 0 saturated carbocycles. The number of ether oxygens (including phenoxy) is 5. The zero-order valence-electron chi connectivity index (χ0n) is 16.4. The van der Waals surface area contributed by atoms with Gasteiger partial charge in [-0.25, -0.2) is 0 Å². The fourth-order valence-electron chi connectivity index (χ4n) is 2.70. The molecular formula is C20H25NO6. The van der Waals surface area contributed by atoms with Gasteiger partial charge in [0.05, 0.1) is 41.6 Å². The number of hydrogen-bond donors (Lipinski definition) is 1. The standard InChI is InChI=1S/C20H25NO6/c1-12(13-7-8-15(23-2)16(9-13)24-3)21-20(22)14-10-17(25-4)19(27-6)18(11-14)26-5/h7-12H,1-6H3,(H,21,22)/t12-/m1/s1. The highest BCUT2D eigenvalue weighted by atomic mass is 16.5. The maximum Gasteiger partial charge on any atom is 0.252 e. The molecule has 0 unspecified atom stereocenters. The van der Waals surface area contributed by atoms with E-state index in [1.165, 1.54) is 21.3 Å². The number of benzene rings is 2. The van der Waals surface area contributed by atoms with E-state index in [4.69, 9.17) is 23.7 Å². The summed E-state index contributed by atoms with van der Waals surface area (Å²) in [6.45, 7) is 1.89. The molecule has 0 saturated heterocycles. The zero-order valence-corrected chi connectivity index (χ0v) is 16.4. The summed E-state index contributed by atoms with van der Waals surface area (Å²) in [6, 6.07) is 8.48. The summed E-state index contributed by atoms with van der Waals surface area (Å²) < 4.78 is 26.4. The number of rotatable bonds is 8. The molecule has 0 aromatic heterocycles. The van der Waals surface area contributed by atoms with Crippen molar-refractivity contribution in [2.75, 3.05) is 35.5 Å². The van der Waals surface area contributed by atoms with Gasteiger partial charge in [-0.15, -0.1) is 0 Å². The first kappa shape index (κ1) is 20.2. The average Bonchev–Trinajstić information content (AvgIpc) is 2.71. The van der Waals surface area contributed by atoms with Crippen LogP contribution in [-0.4, -0.2) is 41.5 Å². The Hall–Kier alpha value is -3.09. The van der Waals surface area contributed by atoms with Crippen LogP contribution in [0.5, 0.6) is 28.7 Å². The molecule has 0 aliphatic heterocycles. The van der Waals surface area contributed by atoms with Gasteiger partial charge in [-0.1, -0.05) is 6.07 Å². The molecule has 2 aromatic carbocycles. The van der Waals surface area contributed by atoms with Crippen LogP contribution in [0.2, 0.25) is 0 Å². The van der Waals surface area contributed by atoms with E-state index in [0.29, 0.717) is 34.3 Å². The molecule has 7 nitrogen and oxygen atoms in total. The highest BCUT2D eigenvalue weighted by Crippen LogP contribution is 2.38. The minimum Gasteiger partial charge on any atom is -0.493 e. The highest BCUT2D eigenvalue weighted by Gasteiger charge is 2.19. The van der Waals surface area contributed by atoms with Gasteiger partial charge in [-0.3, -0.25) is 4.79 Å². The molecule has 0 radical (unpaired) electrons. The van der Waals surface area contributed by atoms with Gasteiger partial charge in [0, 0.05) is 5.56 Å². The van der Waals surface area contributed by atoms with Gasteiger partial charge in [0.25, 0.3) is 5.91 Å². The Bertz CT molecular complexity index is 780. The van der Waals surface area contributed by atoms with Crippen molar-refractivity contribution in [2.45, 2.75) is 13.0 Å². The van der Waals surface area contributed by atoms with Gasteiger partial charge in [-0.2, -0.15) is 0 Å². The quantitative estimate of drug-likeness (QED) is 0.764. The Kier molecular flexibility index (Phi) is 6.76. The van der Waals surface area contributed by atoms with Crippen molar-refractivity contribution < 1.29 is 28.5 Å². The zero-order chi connectivity index (χ0) is 20.0. The summed E-state index contributed by atoms with van der Waals surface area (Å²) in [6.07, 6.45) is 0. The lowest BCUT2D eigenvalue weighted by Gasteiger charge is -2.18. The lowest BCUT2D eigenvalue weighted by atomic mass is 10.1. The number of carbonyl (C=O) groups excluding carboxylic acids is 1. The van der Waals surface area contributed by atoms with Crippen LogP contribution in [0.15, 0.2) is 30.3 Å². The van der Waals surface area contributed by atoms with E-state index in [9.17, 15) is 4.79 Å². The van der Waals surface area contributed by atoms with Crippen LogP contribution in [0.3, 0.4) is 0 Å². The van der Waals surface area contributed by atoms with Crippen LogP contribution < -0.4 is 29.0 Å². The van der Waals surface area contributed by atoms with Gasteiger partial charge in [0.15, 0.2) is 23.0 Å². The van der Waals surface area contributed by atoms with Crippen molar-refractivity contribution >= 4 is 5.91 Å². The molecule has 0 aliphatic carbocycles. The SMILES string of the molecule is COc1ccc([C@@H](C)NC(=O)c2cc(OC)c(OC)c(OC)c2)cc1OC. The molecule has 2 aromatic rings. The van der Waals surface area contributed by atoms with E-state index in [-0.39, 0.29) is 11.9 Å². The van der Waals surface area contributed by atoms with Crippen molar-refractivity contribution in [3.63, 3.8) is 0 Å². The van der Waals surface area contributed by atoms with Crippen LogP contribution in [0.25, 0.3) is 0 Å². The molecule has 1 N–H and O–H groups in total. The number of nitrogens with one attached hydrogen (secondary N) is 1. The first-order chi connectivity index (χ1) is 13.0. The van der Waals surface area contributed by atoms with Crippen LogP contribution in [0, 0.1) is 0 Å². The predicted octanol–water partition coefficient (Wildman–Crippen LogP) is 3.22. The second-order valence-electron chi connectivity index (χ2n) is 5.72. The third-order valence-corrected chi connectivity index (χ3v) is 4.18. The summed E-state index contributed by atoms with van der Waals surface area (Å²) in [7, 11) is 7.67. The summed E-state index contributed by atoms with van der Waals surface area (Å²) in [5, 5.41) is 2.95. The Balaban J connectivity index is 2.26. The van der Waals surface area contributed by atoms with Crippen molar-refractivity contribution in [3.05, 3.63) is 41.5 Å². The number of carbonyl (C=O) groups is 1. The molecule has 0 spiro atoms. The lowest BCUT2D eigenvalue weighted by molar-refractivity contribution is 0.0939. The third-order valence-electron chi connectivity index (χ3n) is 4.18. The largest absolute Gasteiger partial charge is 0.493 e. The van der Waals surface area contributed by atoms with Crippen molar-refractivity contribution in [1.29, 1.82) is 0 Å². The number of methoxy groups -OCH3 is 5. The monoisotopic (exact) mass is 375 g/mol.